The second-order valence-electron chi connectivity index (χ2n) is 5.15. The van der Waals surface area contributed by atoms with Crippen LogP contribution in [-0.2, 0) is 4.74 Å². The maximum absolute atomic E-state index is 12.2. The molecule has 1 fully saturated rings. The van der Waals surface area contributed by atoms with Gasteiger partial charge in [0.25, 0.3) is 0 Å². The average Bonchev–Trinajstić information content (AvgIpc) is 2.39. The largest absolute Gasteiger partial charge is 0.372 e. The van der Waals surface area contributed by atoms with Gasteiger partial charge in [-0.05, 0) is 32.0 Å². The number of hydrogen-bond acceptors (Lipinski definition) is 3. The van der Waals surface area contributed by atoms with Crippen LogP contribution in [-0.4, -0.2) is 42.1 Å². The molecular formula is C14H18ClN3O3. The molecule has 3 amide bonds. The van der Waals surface area contributed by atoms with E-state index in [2.05, 4.69) is 5.32 Å². The molecule has 0 saturated carbocycles. The first-order chi connectivity index (χ1) is 9.86. The highest BCUT2D eigenvalue weighted by atomic mass is 35.5. The molecule has 1 saturated heterocycles. The Kier molecular flexibility index (Phi) is 4.69. The van der Waals surface area contributed by atoms with Gasteiger partial charge in [0.15, 0.2) is 0 Å². The third kappa shape index (κ3) is 3.86. The minimum atomic E-state index is -0.635. The molecule has 0 bridgehead atoms. The fraction of sp³-hybridized carbons (Fsp3) is 0.429. The number of nitrogens with zero attached hydrogens (tertiary/aromatic N) is 1. The van der Waals surface area contributed by atoms with Crippen LogP contribution in [0.2, 0.25) is 5.02 Å². The van der Waals surface area contributed by atoms with E-state index >= 15 is 0 Å². The van der Waals surface area contributed by atoms with Gasteiger partial charge in [-0.15, -0.1) is 0 Å². The van der Waals surface area contributed by atoms with Crippen LogP contribution in [0.1, 0.15) is 24.2 Å². The zero-order valence-corrected chi connectivity index (χ0v) is 12.7. The molecule has 0 spiro atoms. The van der Waals surface area contributed by atoms with Crippen molar-refractivity contribution in [1.82, 2.24) is 4.90 Å². The van der Waals surface area contributed by atoms with Gasteiger partial charge in [-0.2, -0.15) is 0 Å². The molecule has 2 atom stereocenters. The SMILES string of the molecule is C[C@@H]1CN(C(=O)Nc2ccc(Cl)c(C(N)=O)c2)C[C@H](C)O1. The van der Waals surface area contributed by atoms with Gasteiger partial charge >= 0.3 is 6.03 Å². The first kappa shape index (κ1) is 15.6. The minimum absolute atomic E-state index is 0.00843. The van der Waals surface area contributed by atoms with Crippen molar-refractivity contribution in [2.24, 2.45) is 5.73 Å². The Morgan fingerprint density at radius 3 is 2.52 bits per heavy atom. The molecule has 114 valence electrons. The van der Waals surface area contributed by atoms with Gasteiger partial charge in [0.05, 0.1) is 22.8 Å². The molecule has 0 unspecified atom stereocenters. The van der Waals surface area contributed by atoms with Crippen molar-refractivity contribution < 1.29 is 14.3 Å². The van der Waals surface area contributed by atoms with Crippen LogP contribution in [0.4, 0.5) is 10.5 Å². The monoisotopic (exact) mass is 311 g/mol. The van der Waals surface area contributed by atoms with Crippen LogP contribution in [0, 0.1) is 0 Å². The van der Waals surface area contributed by atoms with Crippen molar-refractivity contribution in [1.29, 1.82) is 0 Å². The maximum atomic E-state index is 12.2. The molecule has 0 aliphatic carbocycles. The lowest BCUT2D eigenvalue weighted by Crippen LogP contribution is -2.49. The summed E-state index contributed by atoms with van der Waals surface area (Å²) in [5.41, 5.74) is 5.89. The van der Waals surface area contributed by atoms with Crippen LogP contribution >= 0.6 is 11.6 Å². The number of halogens is 1. The standard InChI is InChI=1S/C14H18ClN3O3/c1-8-6-18(7-9(2)21-8)14(20)17-10-3-4-12(15)11(5-10)13(16)19/h3-5,8-9H,6-7H2,1-2H3,(H2,16,19)(H,17,20)/t8-,9+. The Hall–Kier alpha value is -1.79. The predicted molar refractivity (Wildman–Crippen MR) is 80.6 cm³/mol. The van der Waals surface area contributed by atoms with Gasteiger partial charge in [0.1, 0.15) is 0 Å². The highest BCUT2D eigenvalue weighted by Crippen LogP contribution is 2.21. The van der Waals surface area contributed by atoms with Crippen LogP contribution in [0.25, 0.3) is 0 Å². The number of nitrogens with one attached hydrogen (secondary N) is 1. The molecule has 7 heteroatoms. The Balaban J connectivity index is 2.09. The van der Waals surface area contributed by atoms with Gasteiger partial charge in [-0.1, -0.05) is 11.6 Å². The van der Waals surface area contributed by atoms with Crippen molar-refractivity contribution in [2.75, 3.05) is 18.4 Å². The molecule has 3 N–H and O–H groups in total. The summed E-state index contributed by atoms with van der Waals surface area (Å²) in [5.74, 6) is -0.635. The van der Waals surface area contributed by atoms with Crippen molar-refractivity contribution in [3.63, 3.8) is 0 Å². The number of primary amides is 1. The molecule has 1 aliphatic heterocycles. The van der Waals surface area contributed by atoms with Gasteiger partial charge in [-0.3, -0.25) is 4.79 Å². The van der Waals surface area contributed by atoms with E-state index in [1.54, 1.807) is 11.0 Å². The number of amides is 3. The summed E-state index contributed by atoms with van der Waals surface area (Å²) >= 11 is 5.87. The van der Waals surface area contributed by atoms with Gasteiger partial charge in [0.2, 0.25) is 5.91 Å². The molecule has 0 radical (unpaired) electrons. The predicted octanol–water partition coefficient (Wildman–Crippen LogP) is 2.08. The Morgan fingerprint density at radius 1 is 1.33 bits per heavy atom. The molecule has 2 rings (SSSR count). The number of morpholine rings is 1. The summed E-state index contributed by atoms with van der Waals surface area (Å²) in [6.45, 7) is 4.88. The Labute approximate surface area is 128 Å². The summed E-state index contributed by atoms with van der Waals surface area (Å²) in [4.78, 5) is 25.2. The van der Waals surface area contributed by atoms with E-state index in [4.69, 9.17) is 22.1 Å². The van der Waals surface area contributed by atoms with Gasteiger partial charge in [0, 0.05) is 18.8 Å². The number of carbonyl (C=O) groups excluding carboxylic acids is 2. The fourth-order valence-corrected chi connectivity index (χ4v) is 2.55. The first-order valence-corrected chi connectivity index (χ1v) is 7.05. The molecule has 1 heterocycles. The number of carbonyl (C=O) groups is 2. The van der Waals surface area contributed by atoms with E-state index in [9.17, 15) is 9.59 Å². The summed E-state index contributed by atoms with van der Waals surface area (Å²) in [6.07, 6.45) is -0.0169. The maximum Gasteiger partial charge on any atom is 0.322 e. The lowest BCUT2D eigenvalue weighted by Gasteiger charge is -2.35. The molecular weight excluding hydrogens is 294 g/mol. The van der Waals surface area contributed by atoms with E-state index in [1.807, 2.05) is 13.8 Å². The summed E-state index contributed by atoms with van der Waals surface area (Å²) in [6, 6.07) is 4.38. The molecule has 21 heavy (non-hydrogen) atoms. The number of anilines is 1. The normalized spacial score (nSPS) is 22.0. The quantitative estimate of drug-likeness (QED) is 0.877. The van der Waals surface area contributed by atoms with E-state index in [0.717, 1.165) is 0 Å². The van der Waals surface area contributed by atoms with Crippen LogP contribution < -0.4 is 11.1 Å². The average molecular weight is 312 g/mol. The first-order valence-electron chi connectivity index (χ1n) is 6.67. The van der Waals surface area contributed by atoms with Gasteiger partial charge < -0.3 is 20.7 Å². The summed E-state index contributed by atoms with van der Waals surface area (Å²) in [5, 5.41) is 3.00. The third-order valence-electron chi connectivity index (χ3n) is 3.19. The van der Waals surface area contributed by atoms with Crippen LogP contribution in [0.5, 0.6) is 0 Å². The Bertz CT molecular complexity index is 554. The highest BCUT2D eigenvalue weighted by molar-refractivity contribution is 6.33. The number of benzene rings is 1. The van der Waals surface area contributed by atoms with Crippen molar-refractivity contribution in [3.05, 3.63) is 28.8 Å². The molecule has 1 aromatic carbocycles. The summed E-state index contributed by atoms with van der Waals surface area (Å²) in [7, 11) is 0. The van der Waals surface area contributed by atoms with Gasteiger partial charge in [-0.25, -0.2) is 4.79 Å². The van der Waals surface area contributed by atoms with E-state index in [1.165, 1.54) is 12.1 Å². The van der Waals surface area contributed by atoms with Crippen LogP contribution in [0.3, 0.4) is 0 Å². The number of urea groups is 1. The van der Waals surface area contributed by atoms with Crippen molar-refractivity contribution in [2.45, 2.75) is 26.1 Å². The molecule has 6 nitrogen and oxygen atoms in total. The second kappa shape index (κ2) is 6.32. The molecule has 0 aromatic heterocycles. The van der Waals surface area contributed by atoms with E-state index < -0.39 is 5.91 Å². The zero-order valence-electron chi connectivity index (χ0n) is 11.9. The topological polar surface area (TPSA) is 84.7 Å². The highest BCUT2D eigenvalue weighted by Gasteiger charge is 2.26. The van der Waals surface area contributed by atoms with E-state index in [-0.39, 0.29) is 28.8 Å². The minimum Gasteiger partial charge on any atom is -0.372 e. The number of ether oxygens (including phenoxy) is 1. The van der Waals surface area contributed by atoms with Crippen LogP contribution in [0.15, 0.2) is 18.2 Å². The lowest BCUT2D eigenvalue weighted by atomic mass is 10.2. The lowest BCUT2D eigenvalue weighted by molar-refractivity contribution is -0.0530. The fourth-order valence-electron chi connectivity index (χ4n) is 2.34. The van der Waals surface area contributed by atoms with Crippen molar-refractivity contribution >= 4 is 29.2 Å². The van der Waals surface area contributed by atoms with E-state index in [0.29, 0.717) is 18.8 Å². The zero-order chi connectivity index (χ0) is 15.6. The second-order valence-corrected chi connectivity index (χ2v) is 5.56. The van der Waals surface area contributed by atoms with Crippen molar-refractivity contribution in [3.8, 4) is 0 Å². The molecule has 1 aromatic rings. The summed E-state index contributed by atoms with van der Waals surface area (Å²) < 4.78 is 5.58. The number of hydrogen-bond donors (Lipinski definition) is 2. The third-order valence-corrected chi connectivity index (χ3v) is 3.52. The number of rotatable bonds is 2. The number of nitrogens with two attached hydrogens (primary N) is 1. The Morgan fingerprint density at radius 2 is 1.95 bits per heavy atom. The smallest absolute Gasteiger partial charge is 0.322 e. The molecule has 1 aliphatic rings.